The summed E-state index contributed by atoms with van der Waals surface area (Å²) >= 11 is 0. The van der Waals surface area contributed by atoms with Gasteiger partial charge in [-0.05, 0) is 32.7 Å². The Morgan fingerprint density at radius 2 is 2.21 bits per heavy atom. The molecule has 0 saturated carbocycles. The normalized spacial score (nSPS) is 14.3. The maximum absolute atomic E-state index is 8.38. The van der Waals surface area contributed by atoms with Crippen LogP contribution in [0.4, 0.5) is 0 Å². The van der Waals surface area contributed by atoms with E-state index in [2.05, 4.69) is 10.5 Å². The number of hydrogen-bond acceptors (Lipinski definition) is 4. The number of amidine groups is 1. The second-order valence-corrected chi connectivity index (χ2v) is 3.25. The molecule has 0 radical (unpaired) electrons. The molecule has 0 aromatic rings. The zero-order valence-electron chi connectivity index (χ0n) is 8.99. The van der Waals surface area contributed by atoms with Crippen molar-refractivity contribution < 1.29 is 9.94 Å². The first-order chi connectivity index (χ1) is 6.72. The van der Waals surface area contributed by atoms with E-state index in [1.807, 2.05) is 6.92 Å². The Kier molecular flexibility index (Phi) is 8.27. The summed E-state index contributed by atoms with van der Waals surface area (Å²) in [7, 11) is 1.71. The van der Waals surface area contributed by atoms with Crippen LogP contribution < -0.4 is 11.1 Å². The monoisotopic (exact) mass is 203 g/mol. The van der Waals surface area contributed by atoms with Gasteiger partial charge in [-0.3, -0.25) is 0 Å². The Morgan fingerprint density at radius 3 is 2.79 bits per heavy atom. The van der Waals surface area contributed by atoms with Crippen molar-refractivity contribution in [2.24, 2.45) is 10.9 Å². The molecule has 0 fully saturated rings. The standard InChI is InChI=1S/C9H21N3O2/c1-8(9(10)12-13)11-6-4-3-5-7-14-2/h8,11,13H,3-7H2,1-2H3,(H2,10,12). The van der Waals surface area contributed by atoms with E-state index in [9.17, 15) is 0 Å². The average molecular weight is 203 g/mol. The van der Waals surface area contributed by atoms with Gasteiger partial charge in [0.2, 0.25) is 0 Å². The zero-order valence-corrected chi connectivity index (χ0v) is 8.99. The molecule has 0 amide bonds. The Labute approximate surface area is 85.3 Å². The Balaban J connectivity index is 3.27. The largest absolute Gasteiger partial charge is 0.409 e. The lowest BCUT2D eigenvalue weighted by Crippen LogP contribution is -2.39. The van der Waals surface area contributed by atoms with Crippen LogP contribution in [0.15, 0.2) is 5.16 Å². The molecule has 0 aromatic carbocycles. The van der Waals surface area contributed by atoms with Crippen LogP contribution in [0.1, 0.15) is 26.2 Å². The minimum absolute atomic E-state index is 0.0672. The molecule has 1 unspecified atom stereocenters. The van der Waals surface area contributed by atoms with E-state index in [1.54, 1.807) is 7.11 Å². The van der Waals surface area contributed by atoms with Gasteiger partial charge in [0.1, 0.15) is 0 Å². The maximum Gasteiger partial charge on any atom is 0.156 e. The number of hydrogen-bond donors (Lipinski definition) is 3. The fourth-order valence-corrected chi connectivity index (χ4v) is 1.06. The summed E-state index contributed by atoms with van der Waals surface area (Å²) in [5.74, 6) is 0.224. The molecule has 0 rings (SSSR count). The van der Waals surface area contributed by atoms with Gasteiger partial charge in [-0.15, -0.1) is 0 Å². The van der Waals surface area contributed by atoms with Gasteiger partial charge in [-0.1, -0.05) is 5.16 Å². The van der Waals surface area contributed by atoms with Crippen molar-refractivity contribution in [3.8, 4) is 0 Å². The molecule has 84 valence electrons. The van der Waals surface area contributed by atoms with Crippen LogP contribution in [0.3, 0.4) is 0 Å². The molecule has 0 heterocycles. The SMILES string of the molecule is COCCCCCNC(C)C(N)=NO. The maximum atomic E-state index is 8.38. The third-order valence-electron chi connectivity index (χ3n) is 2.03. The van der Waals surface area contributed by atoms with E-state index in [4.69, 9.17) is 15.7 Å². The highest BCUT2D eigenvalue weighted by molar-refractivity contribution is 5.84. The molecule has 0 aliphatic carbocycles. The molecule has 0 saturated heterocycles. The summed E-state index contributed by atoms with van der Waals surface area (Å²) in [6.45, 7) is 3.56. The summed E-state index contributed by atoms with van der Waals surface area (Å²) in [6.07, 6.45) is 3.28. The van der Waals surface area contributed by atoms with E-state index in [1.165, 1.54) is 0 Å². The minimum atomic E-state index is -0.0672. The van der Waals surface area contributed by atoms with E-state index < -0.39 is 0 Å². The van der Waals surface area contributed by atoms with Crippen LogP contribution in [-0.2, 0) is 4.74 Å². The van der Waals surface area contributed by atoms with Crippen molar-refractivity contribution in [3.63, 3.8) is 0 Å². The molecular formula is C9H21N3O2. The fourth-order valence-electron chi connectivity index (χ4n) is 1.06. The molecule has 0 bridgehead atoms. The lowest BCUT2D eigenvalue weighted by atomic mass is 10.2. The summed E-state index contributed by atoms with van der Waals surface area (Å²) in [6, 6.07) is -0.0672. The second kappa shape index (κ2) is 8.77. The molecule has 14 heavy (non-hydrogen) atoms. The third kappa shape index (κ3) is 6.68. The molecule has 0 aliphatic rings. The number of nitrogens with two attached hydrogens (primary N) is 1. The van der Waals surface area contributed by atoms with Gasteiger partial charge in [0.05, 0.1) is 6.04 Å². The van der Waals surface area contributed by atoms with E-state index in [0.29, 0.717) is 0 Å². The zero-order chi connectivity index (χ0) is 10.8. The van der Waals surface area contributed by atoms with Crippen molar-refractivity contribution in [1.29, 1.82) is 0 Å². The minimum Gasteiger partial charge on any atom is -0.409 e. The summed E-state index contributed by atoms with van der Waals surface area (Å²) < 4.78 is 4.93. The highest BCUT2D eigenvalue weighted by atomic mass is 16.5. The van der Waals surface area contributed by atoms with E-state index >= 15 is 0 Å². The van der Waals surface area contributed by atoms with Gasteiger partial charge in [-0.2, -0.15) is 0 Å². The van der Waals surface area contributed by atoms with E-state index in [0.717, 1.165) is 32.4 Å². The number of unbranched alkanes of at least 4 members (excludes halogenated alkanes) is 2. The van der Waals surface area contributed by atoms with Gasteiger partial charge in [0.15, 0.2) is 5.84 Å². The second-order valence-electron chi connectivity index (χ2n) is 3.25. The third-order valence-corrected chi connectivity index (χ3v) is 2.03. The van der Waals surface area contributed by atoms with Crippen LogP contribution in [-0.4, -0.2) is 37.3 Å². The lowest BCUT2D eigenvalue weighted by Gasteiger charge is -2.11. The van der Waals surface area contributed by atoms with Gasteiger partial charge in [-0.25, -0.2) is 0 Å². The first-order valence-corrected chi connectivity index (χ1v) is 4.92. The number of ether oxygens (including phenoxy) is 1. The fraction of sp³-hybridized carbons (Fsp3) is 0.889. The lowest BCUT2D eigenvalue weighted by molar-refractivity contribution is 0.192. The van der Waals surface area contributed by atoms with Crippen molar-refractivity contribution in [1.82, 2.24) is 5.32 Å². The average Bonchev–Trinajstić information content (AvgIpc) is 2.21. The molecule has 5 heteroatoms. The topological polar surface area (TPSA) is 79.9 Å². The Bertz CT molecular complexity index is 162. The smallest absolute Gasteiger partial charge is 0.156 e. The first-order valence-electron chi connectivity index (χ1n) is 4.92. The van der Waals surface area contributed by atoms with Gasteiger partial charge < -0.3 is 21.0 Å². The van der Waals surface area contributed by atoms with Crippen molar-refractivity contribution in [2.75, 3.05) is 20.3 Å². The number of rotatable bonds is 8. The number of oxime groups is 1. The molecule has 5 nitrogen and oxygen atoms in total. The molecule has 1 atom stereocenters. The van der Waals surface area contributed by atoms with E-state index in [-0.39, 0.29) is 11.9 Å². The van der Waals surface area contributed by atoms with Crippen molar-refractivity contribution >= 4 is 5.84 Å². The van der Waals surface area contributed by atoms with Crippen LogP contribution in [0, 0.1) is 0 Å². The number of methoxy groups -OCH3 is 1. The quantitative estimate of drug-likeness (QED) is 0.177. The Hall–Kier alpha value is -0.810. The molecule has 4 N–H and O–H groups in total. The van der Waals surface area contributed by atoms with Crippen molar-refractivity contribution in [2.45, 2.75) is 32.2 Å². The van der Waals surface area contributed by atoms with Gasteiger partial charge in [0.25, 0.3) is 0 Å². The molecular weight excluding hydrogens is 182 g/mol. The highest BCUT2D eigenvalue weighted by Crippen LogP contribution is 1.94. The van der Waals surface area contributed by atoms with Crippen molar-refractivity contribution in [3.05, 3.63) is 0 Å². The molecule has 0 aromatic heterocycles. The van der Waals surface area contributed by atoms with Crippen LogP contribution in [0.5, 0.6) is 0 Å². The van der Waals surface area contributed by atoms with Crippen LogP contribution in [0.2, 0.25) is 0 Å². The number of nitrogens with one attached hydrogen (secondary N) is 1. The summed E-state index contributed by atoms with van der Waals surface area (Å²) in [5, 5.41) is 14.5. The van der Waals surface area contributed by atoms with Gasteiger partial charge in [0, 0.05) is 13.7 Å². The van der Waals surface area contributed by atoms with Gasteiger partial charge >= 0.3 is 0 Å². The highest BCUT2D eigenvalue weighted by Gasteiger charge is 2.04. The summed E-state index contributed by atoms with van der Waals surface area (Å²) in [4.78, 5) is 0. The van der Waals surface area contributed by atoms with Crippen LogP contribution in [0.25, 0.3) is 0 Å². The molecule has 0 spiro atoms. The Morgan fingerprint density at radius 1 is 1.50 bits per heavy atom. The summed E-state index contributed by atoms with van der Waals surface area (Å²) in [5.41, 5.74) is 5.40. The first kappa shape index (κ1) is 13.2. The predicted octanol–water partition coefficient (Wildman–Crippen LogP) is 0.528. The predicted molar refractivity (Wildman–Crippen MR) is 56.6 cm³/mol. The number of nitrogens with zero attached hydrogens (tertiary/aromatic N) is 1. The molecule has 0 aliphatic heterocycles. The van der Waals surface area contributed by atoms with Crippen LogP contribution >= 0.6 is 0 Å².